The molecule has 0 aliphatic carbocycles. The number of ether oxygens (including phenoxy) is 3. The van der Waals surface area contributed by atoms with Gasteiger partial charge in [0.15, 0.2) is 11.5 Å². The van der Waals surface area contributed by atoms with Crippen molar-refractivity contribution in [2.24, 2.45) is 0 Å². The molecule has 4 rings (SSSR count). The lowest BCUT2D eigenvalue weighted by Crippen LogP contribution is -2.17. The van der Waals surface area contributed by atoms with Crippen LogP contribution in [0.15, 0.2) is 65.7 Å². The van der Waals surface area contributed by atoms with Crippen molar-refractivity contribution in [2.45, 2.75) is 11.8 Å². The molecule has 0 aliphatic rings. The standard InChI is InChI=1S/C27H24N6O5S/c1-16-24(26(34)31-19-6-5-7-20(13-19)39(4,29)35)27(38-21-10-8-17(14-28)12-22(21)36-2)33-32-25(16)18-9-11-23(37-3)30-15-18/h5-13,15,29H,1-4H3,(H,31,34)/t39-/m1/s1. The zero-order chi connectivity index (χ0) is 28.2. The first-order valence-electron chi connectivity index (χ1n) is 11.4. The maximum absolute atomic E-state index is 13.7. The van der Waals surface area contributed by atoms with Gasteiger partial charge in [0.05, 0.1) is 41.3 Å². The number of aromatic nitrogens is 3. The average molecular weight is 545 g/mol. The monoisotopic (exact) mass is 544 g/mol. The summed E-state index contributed by atoms with van der Waals surface area (Å²) >= 11 is 0. The number of nitrogens with zero attached hydrogens (tertiary/aromatic N) is 4. The Hall–Kier alpha value is -5.02. The van der Waals surface area contributed by atoms with E-state index in [9.17, 15) is 14.3 Å². The zero-order valence-electron chi connectivity index (χ0n) is 21.5. The van der Waals surface area contributed by atoms with Gasteiger partial charge in [0.2, 0.25) is 5.88 Å². The van der Waals surface area contributed by atoms with Crippen LogP contribution < -0.4 is 19.5 Å². The lowest BCUT2D eigenvalue weighted by Gasteiger charge is -2.16. The zero-order valence-corrected chi connectivity index (χ0v) is 22.3. The normalized spacial score (nSPS) is 12.1. The second-order valence-corrected chi connectivity index (χ2v) is 10.5. The van der Waals surface area contributed by atoms with Crippen molar-refractivity contribution in [3.8, 4) is 40.6 Å². The molecule has 0 saturated carbocycles. The third kappa shape index (κ3) is 5.94. The molecule has 12 heteroatoms. The summed E-state index contributed by atoms with van der Waals surface area (Å²) in [7, 11) is -0.0622. The molecule has 0 spiro atoms. The summed E-state index contributed by atoms with van der Waals surface area (Å²) in [5, 5.41) is 20.5. The molecule has 0 unspecified atom stereocenters. The van der Waals surface area contributed by atoms with Crippen LogP contribution in [0.4, 0.5) is 5.69 Å². The molecule has 39 heavy (non-hydrogen) atoms. The van der Waals surface area contributed by atoms with Crippen LogP contribution in [0.2, 0.25) is 0 Å². The van der Waals surface area contributed by atoms with Crippen LogP contribution in [-0.2, 0) is 9.73 Å². The summed E-state index contributed by atoms with van der Waals surface area (Å²) in [5.74, 6) is 0.229. The summed E-state index contributed by atoms with van der Waals surface area (Å²) in [6, 6.07) is 16.3. The number of nitriles is 1. The van der Waals surface area contributed by atoms with E-state index in [1.165, 1.54) is 38.7 Å². The van der Waals surface area contributed by atoms with E-state index >= 15 is 0 Å². The van der Waals surface area contributed by atoms with Crippen LogP contribution in [0.3, 0.4) is 0 Å². The number of hydrogen-bond donors (Lipinski definition) is 2. The van der Waals surface area contributed by atoms with Crippen LogP contribution in [0.1, 0.15) is 21.5 Å². The van der Waals surface area contributed by atoms with Gasteiger partial charge in [0, 0.05) is 40.7 Å². The third-order valence-electron chi connectivity index (χ3n) is 5.67. The Morgan fingerprint density at radius 3 is 2.49 bits per heavy atom. The van der Waals surface area contributed by atoms with Gasteiger partial charge in [-0.2, -0.15) is 5.26 Å². The summed E-state index contributed by atoms with van der Waals surface area (Å²) < 4.78 is 36.6. The average Bonchev–Trinajstić information content (AvgIpc) is 2.93. The Labute approximate surface area is 225 Å². The first-order chi connectivity index (χ1) is 18.6. The second-order valence-electron chi connectivity index (χ2n) is 8.35. The Morgan fingerprint density at radius 1 is 1.05 bits per heavy atom. The molecular weight excluding hydrogens is 520 g/mol. The van der Waals surface area contributed by atoms with Gasteiger partial charge in [0.1, 0.15) is 5.56 Å². The lowest BCUT2D eigenvalue weighted by molar-refractivity contribution is 0.102. The third-order valence-corrected chi connectivity index (χ3v) is 6.83. The molecule has 0 radical (unpaired) electrons. The Morgan fingerprint density at radius 2 is 1.85 bits per heavy atom. The van der Waals surface area contributed by atoms with Gasteiger partial charge in [0.25, 0.3) is 11.8 Å². The molecule has 4 aromatic rings. The van der Waals surface area contributed by atoms with Crippen LogP contribution >= 0.6 is 0 Å². The highest BCUT2D eigenvalue weighted by molar-refractivity contribution is 7.91. The number of amides is 1. The maximum atomic E-state index is 13.7. The van der Waals surface area contributed by atoms with Crippen LogP contribution in [0.5, 0.6) is 23.3 Å². The largest absolute Gasteiger partial charge is 0.493 e. The Balaban J connectivity index is 1.81. The van der Waals surface area contributed by atoms with Gasteiger partial charge in [-0.1, -0.05) is 6.07 Å². The van der Waals surface area contributed by atoms with Crippen LogP contribution in [-0.4, -0.2) is 45.8 Å². The minimum Gasteiger partial charge on any atom is -0.493 e. The van der Waals surface area contributed by atoms with Crippen LogP contribution in [0, 0.1) is 23.0 Å². The van der Waals surface area contributed by atoms with Crippen molar-refractivity contribution in [3.05, 3.63) is 77.5 Å². The molecule has 1 atom stereocenters. The van der Waals surface area contributed by atoms with Crippen molar-refractivity contribution in [1.82, 2.24) is 15.2 Å². The number of anilines is 1. The molecule has 0 saturated heterocycles. The fourth-order valence-corrected chi connectivity index (χ4v) is 4.38. The van der Waals surface area contributed by atoms with Gasteiger partial charge >= 0.3 is 0 Å². The summed E-state index contributed by atoms with van der Waals surface area (Å²) in [6.45, 7) is 1.70. The molecule has 0 bridgehead atoms. The molecule has 2 aromatic heterocycles. The fourth-order valence-electron chi connectivity index (χ4n) is 3.69. The van der Waals surface area contributed by atoms with Crippen molar-refractivity contribution < 1.29 is 23.2 Å². The van der Waals surface area contributed by atoms with E-state index in [2.05, 4.69) is 20.5 Å². The summed E-state index contributed by atoms with van der Waals surface area (Å²) in [5.41, 5.74) is 2.22. The maximum Gasteiger partial charge on any atom is 0.261 e. The molecule has 11 nitrogen and oxygen atoms in total. The number of pyridine rings is 1. The van der Waals surface area contributed by atoms with Gasteiger partial charge in [-0.15, -0.1) is 10.2 Å². The summed E-state index contributed by atoms with van der Waals surface area (Å²) in [6.07, 6.45) is 2.86. The minimum atomic E-state index is -3.00. The van der Waals surface area contributed by atoms with E-state index < -0.39 is 15.6 Å². The molecular formula is C27H24N6O5S. The SMILES string of the molecule is COc1ccc(-c2nnc(Oc3ccc(C#N)cc3OC)c(C(=O)Nc3cccc([S@](C)(=N)=O)c3)c2C)cn1. The minimum absolute atomic E-state index is 0.0794. The molecule has 0 aliphatic heterocycles. The van der Waals surface area contributed by atoms with Gasteiger partial charge in [-0.3, -0.25) is 4.79 Å². The number of carbonyl (C=O) groups excluding carboxylic acids is 1. The van der Waals surface area contributed by atoms with E-state index in [0.29, 0.717) is 34.0 Å². The smallest absolute Gasteiger partial charge is 0.261 e. The van der Waals surface area contributed by atoms with Crippen molar-refractivity contribution in [2.75, 3.05) is 25.8 Å². The van der Waals surface area contributed by atoms with E-state index in [0.717, 1.165) is 0 Å². The number of carbonyl (C=O) groups is 1. The lowest BCUT2D eigenvalue weighted by atomic mass is 10.0. The number of hydrogen-bond acceptors (Lipinski definition) is 10. The van der Waals surface area contributed by atoms with E-state index in [1.54, 1.807) is 49.5 Å². The molecule has 1 amide bonds. The first-order valence-corrected chi connectivity index (χ1v) is 13.4. The fraction of sp³-hybridized carbons (Fsp3) is 0.148. The van der Waals surface area contributed by atoms with E-state index in [4.69, 9.17) is 19.0 Å². The van der Waals surface area contributed by atoms with Gasteiger partial charge in [-0.25, -0.2) is 14.0 Å². The van der Waals surface area contributed by atoms with Crippen LogP contribution in [0.25, 0.3) is 11.3 Å². The van der Waals surface area contributed by atoms with Gasteiger partial charge in [-0.05, 0) is 48.9 Å². The van der Waals surface area contributed by atoms with Crippen molar-refractivity contribution in [1.29, 1.82) is 10.0 Å². The molecule has 2 N–H and O–H groups in total. The molecule has 2 aromatic carbocycles. The second kappa shape index (κ2) is 11.2. The highest BCUT2D eigenvalue weighted by atomic mass is 32.2. The number of methoxy groups -OCH3 is 2. The number of nitrogens with one attached hydrogen (secondary N) is 2. The highest BCUT2D eigenvalue weighted by Crippen LogP contribution is 2.36. The first kappa shape index (κ1) is 27.0. The number of benzene rings is 2. The van der Waals surface area contributed by atoms with E-state index in [-0.39, 0.29) is 27.8 Å². The topological polar surface area (TPSA) is 160 Å². The quantitative estimate of drug-likeness (QED) is 0.317. The molecule has 2 heterocycles. The molecule has 198 valence electrons. The number of rotatable bonds is 8. The van der Waals surface area contributed by atoms with Crippen molar-refractivity contribution >= 4 is 21.3 Å². The summed E-state index contributed by atoms with van der Waals surface area (Å²) in [4.78, 5) is 18.1. The Bertz CT molecular complexity index is 1700. The Kier molecular flexibility index (Phi) is 7.73. The van der Waals surface area contributed by atoms with Gasteiger partial charge < -0.3 is 19.5 Å². The predicted octanol–water partition coefficient (Wildman–Crippen LogP) is 4.82. The highest BCUT2D eigenvalue weighted by Gasteiger charge is 2.24. The predicted molar refractivity (Wildman–Crippen MR) is 144 cm³/mol. The van der Waals surface area contributed by atoms with E-state index in [1.807, 2.05) is 6.07 Å². The molecule has 0 fully saturated rings. The van der Waals surface area contributed by atoms with Crippen molar-refractivity contribution in [3.63, 3.8) is 0 Å².